The van der Waals surface area contributed by atoms with Crippen molar-refractivity contribution in [1.29, 1.82) is 0 Å². The molecule has 2 aromatic heterocycles. The van der Waals surface area contributed by atoms with Crippen LogP contribution in [0.5, 0.6) is 0 Å². The van der Waals surface area contributed by atoms with Crippen LogP contribution in [0.2, 0.25) is 0 Å². The third kappa shape index (κ3) is 1.80. The highest BCUT2D eigenvalue weighted by atomic mass is 16.5. The van der Waals surface area contributed by atoms with Gasteiger partial charge in [0.15, 0.2) is 0 Å². The smallest absolute Gasteiger partial charge is 0.0893 e. The summed E-state index contributed by atoms with van der Waals surface area (Å²) in [6.07, 6.45) is 8.22. The Bertz CT molecular complexity index is 505. The van der Waals surface area contributed by atoms with Crippen LogP contribution >= 0.6 is 0 Å². The Morgan fingerprint density at radius 2 is 2.47 bits per heavy atom. The van der Waals surface area contributed by atoms with E-state index in [1.807, 2.05) is 23.1 Å². The zero-order chi connectivity index (χ0) is 11.7. The largest absolute Gasteiger partial charge is 0.381 e. The maximum atomic E-state index is 5.67. The fourth-order valence-electron chi connectivity index (χ4n) is 2.39. The van der Waals surface area contributed by atoms with Crippen molar-refractivity contribution in [3.05, 3.63) is 30.4 Å². The van der Waals surface area contributed by atoms with Gasteiger partial charge in [-0.15, -0.1) is 0 Å². The summed E-state index contributed by atoms with van der Waals surface area (Å²) in [4.78, 5) is 4.13. The summed E-state index contributed by atoms with van der Waals surface area (Å²) >= 11 is 0. The molecule has 0 saturated carbocycles. The molecule has 6 heteroatoms. The zero-order valence-corrected chi connectivity index (χ0v) is 9.41. The van der Waals surface area contributed by atoms with Gasteiger partial charge in [0, 0.05) is 30.5 Å². The highest BCUT2D eigenvalue weighted by molar-refractivity contribution is 5.53. The summed E-state index contributed by atoms with van der Waals surface area (Å²) in [7, 11) is 0. The van der Waals surface area contributed by atoms with E-state index in [-0.39, 0.29) is 6.04 Å². The summed E-state index contributed by atoms with van der Waals surface area (Å²) in [6, 6.07) is 0.0687. The van der Waals surface area contributed by atoms with Crippen LogP contribution < -0.4 is 11.3 Å². The van der Waals surface area contributed by atoms with Crippen LogP contribution in [0.15, 0.2) is 24.8 Å². The summed E-state index contributed by atoms with van der Waals surface area (Å²) in [5.41, 5.74) is 4.95. The summed E-state index contributed by atoms with van der Waals surface area (Å²) in [5, 5.41) is 4.30. The second-order valence-corrected chi connectivity index (χ2v) is 4.27. The van der Waals surface area contributed by atoms with Crippen LogP contribution in [-0.4, -0.2) is 27.8 Å². The second kappa shape index (κ2) is 4.40. The number of aromatic nitrogens is 3. The molecule has 0 bridgehead atoms. The van der Waals surface area contributed by atoms with E-state index in [0.29, 0.717) is 5.92 Å². The van der Waals surface area contributed by atoms with Crippen molar-refractivity contribution in [2.45, 2.75) is 12.5 Å². The van der Waals surface area contributed by atoms with Gasteiger partial charge in [-0.05, 0) is 6.42 Å². The van der Waals surface area contributed by atoms with E-state index < -0.39 is 0 Å². The Morgan fingerprint density at radius 1 is 1.53 bits per heavy atom. The average molecular weight is 233 g/mol. The minimum Gasteiger partial charge on any atom is -0.381 e. The number of ether oxygens (including phenoxy) is 1. The fraction of sp³-hybridized carbons (Fsp3) is 0.455. The Kier molecular flexibility index (Phi) is 2.76. The standard InChI is InChI=1S/C11H15N5O/c12-15-11(8-1-4-17-7-8)9-5-14-16-3-2-13-6-10(9)16/h2-3,5-6,8,11,15H,1,4,7,12H2. The minimum atomic E-state index is 0.0687. The van der Waals surface area contributed by atoms with Crippen molar-refractivity contribution in [2.24, 2.45) is 11.8 Å². The van der Waals surface area contributed by atoms with Gasteiger partial charge in [0.1, 0.15) is 0 Å². The first-order valence-electron chi connectivity index (χ1n) is 5.71. The van der Waals surface area contributed by atoms with Crippen molar-refractivity contribution in [3.63, 3.8) is 0 Å². The molecule has 1 saturated heterocycles. The highest BCUT2D eigenvalue weighted by Crippen LogP contribution is 2.30. The predicted molar refractivity (Wildman–Crippen MR) is 62.0 cm³/mol. The molecule has 3 N–H and O–H groups in total. The quantitative estimate of drug-likeness (QED) is 0.588. The van der Waals surface area contributed by atoms with Crippen LogP contribution in [0.3, 0.4) is 0 Å². The Morgan fingerprint density at radius 3 is 3.24 bits per heavy atom. The third-order valence-corrected chi connectivity index (χ3v) is 3.31. The number of nitrogens with one attached hydrogen (secondary N) is 1. The molecule has 90 valence electrons. The van der Waals surface area contributed by atoms with Crippen LogP contribution in [0.4, 0.5) is 0 Å². The van der Waals surface area contributed by atoms with E-state index in [9.17, 15) is 0 Å². The number of hydrogen-bond donors (Lipinski definition) is 2. The van der Waals surface area contributed by atoms with Crippen molar-refractivity contribution in [2.75, 3.05) is 13.2 Å². The summed E-state index contributed by atoms with van der Waals surface area (Å²) < 4.78 is 7.22. The van der Waals surface area contributed by atoms with Crippen molar-refractivity contribution in [3.8, 4) is 0 Å². The van der Waals surface area contributed by atoms with Gasteiger partial charge in [-0.25, -0.2) is 4.52 Å². The predicted octanol–water partition coefficient (Wildman–Crippen LogP) is 0.270. The molecule has 6 nitrogen and oxygen atoms in total. The molecule has 2 unspecified atom stereocenters. The van der Waals surface area contributed by atoms with Gasteiger partial charge in [-0.3, -0.25) is 16.3 Å². The SMILES string of the molecule is NNC(c1cnn2ccncc12)C1CCOC1. The molecule has 0 aliphatic carbocycles. The topological polar surface area (TPSA) is 77.5 Å². The van der Waals surface area contributed by atoms with Crippen LogP contribution in [0, 0.1) is 5.92 Å². The molecule has 3 rings (SSSR count). The molecule has 2 aromatic rings. The van der Waals surface area contributed by atoms with Crippen LogP contribution in [-0.2, 0) is 4.74 Å². The molecule has 3 heterocycles. The highest BCUT2D eigenvalue weighted by Gasteiger charge is 2.28. The second-order valence-electron chi connectivity index (χ2n) is 4.27. The molecule has 2 atom stereocenters. The molecule has 1 aliphatic heterocycles. The number of rotatable bonds is 3. The zero-order valence-electron chi connectivity index (χ0n) is 9.41. The molecule has 0 amide bonds. The van der Waals surface area contributed by atoms with Crippen LogP contribution in [0.1, 0.15) is 18.0 Å². The molecule has 1 aliphatic rings. The van der Waals surface area contributed by atoms with Gasteiger partial charge in [0.25, 0.3) is 0 Å². The van der Waals surface area contributed by atoms with Gasteiger partial charge in [0.05, 0.1) is 30.6 Å². The van der Waals surface area contributed by atoms with Gasteiger partial charge in [0.2, 0.25) is 0 Å². The molecular formula is C11H15N5O. The van der Waals surface area contributed by atoms with Gasteiger partial charge >= 0.3 is 0 Å². The van der Waals surface area contributed by atoms with Gasteiger partial charge in [-0.1, -0.05) is 0 Å². The van der Waals surface area contributed by atoms with E-state index in [2.05, 4.69) is 15.5 Å². The van der Waals surface area contributed by atoms with Crippen molar-refractivity contribution in [1.82, 2.24) is 20.0 Å². The number of nitrogens with zero attached hydrogens (tertiary/aromatic N) is 3. The number of hydrogen-bond acceptors (Lipinski definition) is 5. The number of nitrogens with two attached hydrogens (primary N) is 1. The Hall–Kier alpha value is -1.50. The molecule has 17 heavy (non-hydrogen) atoms. The van der Waals surface area contributed by atoms with Crippen molar-refractivity contribution < 1.29 is 4.74 Å². The number of hydrazine groups is 1. The summed E-state index contributed by atoms with van der Waals surface area (Å²) in [6.45, 7) is 1.55. The maximum Gasteiger partial charge on any atom is 0.0893 e. The van der Waals surface area contributed by atoms with Crippen LogP contribution in [0.25, 0.3) is 5.52 Å². The van der Waals surface area contributed by atoms with E-state index in [4.69, 9.17) is 10.6 Å². The number of fused-ring (bicyclic) bond motifs is 1. The molecule has 1 fully saturated rings. The fourth-order valence-corrected chi connectivity index (χ4v) is 2.39. The van der Waals surface area contributed by atoms with E-state index in [1.165, 1.54) is 0 Å². The molecule has 0 aromatic carbocycles. The third-order valence-electron chi connectivity index (χ3n) is 3.31. The normalized spacial score (nSPS) is 22.1. The minimum absolute atomic E-state index is 0.0687. The monoisotopic (exact) mass is 233 g/mol. The lowest BCUT2D eigenvalue weighted by Crippen LogP contribution is -2.33. The summed E-state index contributed by atoms with van der Waals surface area (Å²) in [5.74, 6) is 6.07. The average Bonchev–Trinajstić information content (AvgIpc) is 3.01. The first kappa shape index (κ1) is 10.6. The molecular weight excluding hydrogens is 218 g/mol. The van der Waals surface area contributed by atoms with Gasteiger partial charge in [-0.2, -0.15) is 5.10 Å². The van der Waals surface area contributed by atoms with Crippen molar-refractivity contribution >= 4 is 5.52 Å². The Labute approximate surface area is 98.7 Å². The van der Waals surface area contributed by atoms with E-state index in [0.717, 1.165) is 30.7 Å². The Balaban J connectivity index is 2.00. The first-order chi connectivity index (χ1) is 8.40. The lowest BCUT2D eigenvalue weighted by atomic mass is 9.94. The van der Waals surface area contributed by atoms with E-state index in [1.54, 1.807) is 6.20 Å². The van der Waals surface area contributed by atoms with Gasteiger partial charge < -0.3 is 4.74 Å². The molecule has 0 radical (unpaired) electrons. The lowest BCUT2D eigenvalue weighted by Gasteiger charge is -2.20. The van der Waals surface area contributed by atoms with E-state index >= 15 is 0 Å². The maximum absolute atomic E-state index is 5.67. The lowest BCUT2D eigenvalue weighted by molar-refractivity contribution is 0.177. The molecule has 0 spiro atoms. The first-order valence-corrected chi connectivity index (χ1v) is 5.71.